The lowest BCUT2D eigenvalue weighted by molar-refractivity contribution is -0.858. The zero-order chi connectivity index (χ0) is 21.8. The van der Waals surface area contributed by atoms with Crippen molar-refractivity contribution in [3.05, 3.63) is 59.6 Å². The molecule has 1 aromatic carbocycles. The first-order valence-electron chi connectivity index (χ1n) is 10.2. The highest BCUT2D eigenvalue weighted by Gasteiger charge is 2.47. The number of nitrogens with zero attached hydrogens (tertiary/aromatic N) is 1. The Labute approximate surface area is 176 Å². The summed E-state index contributed by atoms with van der Waals surface area (Å²) in [4.78, 5) is 28.4. The normalized spacial score (nSPS) is 18.6. The third-order valence-electron chi connectivity index (χ3n) is 4.93. The summed E-state index contributed by atoms with van der Waals surface area (Å²) in [6.45, 7) is 5.11. The lowest BCUT2D eigenvalue weighted by Gasteiger charge is -2.23. The molecule has 1 aromatic heterocycles. The van der Waals surface area contributed by atoms with Gasteiger partial charge < -0.3 is 24.1 Å². The van der Waals surface area contributed by atoms with Crippen molar-refractivity contribution in [2.24, 2.45) is 0 Å². The average molecular weight is 413 g/mol. The fourth-order valence-electron chi connectivity index (χ4n) is 3.58. The minimum absolute atomic E-state index is 0.0257. The lowest BCUT2D eigenvalue weighted by atomic mass is 9.99. The quantitative estimate of drug-likeness (QED) is 0.393. The minimum Gasteiger partial charge on any atom is -0.507 e. The summed E-state index contributed by atoms with van der Waals surface area (Å²) in [6, 6.07) is 9.48. The molecule has 2 heterocycles. The van der Waals surface area contributed by atoms with Gasteiger partial charge in [-0.1, -0.05) is 0 Å². The highest BCUT2D eigenvalue weighted by Crippen LogP contribution is 2.39. The third kappa shape index (κ3) is 4.57. The second-order valence-corrected chi connectivity index (χ2v) is 8.01. The van der Waals surface area contributed by atoms with E-state index in [0.29, 0.717) is 23.6 Å². The molecule has 7 heteroatoms. The maximum atomic E-state index is 12.9. The Hall–Kier alpha value is -3.06. The largest absolute Gasteiger partial charge is 0.507 e. The molecule has 1 amide bonds. The summed E-state index contributed by atoms with van der Waals surface area (Å²) in [7, 11) is 4.07. The Kier molecular flexibility index (Phi) is 6.62. The van der Waals surface area contributed by atoms with E-state index in [-0.39, 0.29) is 17.4 Å². The summed E-state index contributed by atoms with van der Waals surface area (Å²) < 4.78 is 11.2. The van der Waals surface area contributed by atoms with Crippen LogP contribution in [0.1, 0.15) is 37.6 Å². The Morgan fingerprint density at radius 3 is 2.47 bits per heavy atom. The van der Waals surface area contributed by atoms with Gasteiger partial charge in [-0.15, -0.1) is 0 Å². The van der Waals surface area contributed by atoms with Crippen LogP contribution in [0.5, 0.6) is 5.75 Å². The summed E-state index contributed by atoms with van der Waals surface area (Å²) in [5, 5.41) is 11.0. The zero-order valence-electron chi connectivity index (χ0n) is 17.8. The molecule has 0 aliphatic carbocycles. The topological polar surface area (TPSA) is 84.4 Å². The van der Waals surface area contributed by atoms with Crippen molar-refractivity contribution in [2.75, 3.05) is 27.2 Å². The molecule has 1 aliphatic rings. The molecule has 0 spiro atoms. The Balaban J connectivity index is 1.97. The smallest absolute Gasteiger partial charge is 0.295 e. The number of hydrogen-bond donors (Lipinski definition) is 2. The van der Waals surface area contributed by atoms with Crippen LogP contribution in [-0.4, -0.2) is 55.0 Å². The highest BCUT2D eigenvalue weighted by molar-refractivity contribution is 6.46. The van der Waals surface area contributed by atoms with Crippen molar-refractivity contribution in [1.82, 2.24) is 4.90 Å². The molecule has 3 rings (SSSR count). The van der Waals surface area contributed by atoms with Gasteiger partial charge in [0.05, 0.1) is 38.6 Å². The standard InChI is InChI=1S/C23H28N2O5/c1-15(2)30-17-10-8-16(9-11-17)21(26)19-20(18-7-5-14-29-18)25(23(28)22(19)27)13-6-12-24(3)4/h5,7-11,14-15,20,26H,6,12-13H2,1-4H3/p+1/t20-/m1/s1. The van der Waals surface area contributed by atoms with Gasteiger partial charge in [0.2, 0.25) is 0 Å². The van der Waals surface area contributed by atoms with E-state index in [1.807, 2.05) is 27.9 Å². The van der Waals surface area contributed by atoms with Crippen LogP contribution in [0.25, 0.3) is 5.76 Å². The molecule has 7 nitrogen and oxygen atoms in total. The number of benzene rings is 1. The number of carbonyl (C=O) groups excluding carboxylic acids is 2. The molecule has 30 heavy (non-hydrogen) atoms. The van der Waals surface area contributed by atoms with Gasteiger partial charge in [0.15, 0.2) is 0 Å². The van der Waals surface area contributed by atoms with Crippen molar-refractivity contribution >= 4 is 17.4 Å². The average Bonchev–Trinajstić information content (AvgIpc) is 3.30. The molecule has 1 fully saturated rings. The first kappa shape index (κ1) is 21.6. The Bertz CT molecular complexity index is 914. The van der Waals surface area contributed by atoms with Crippen LogP contribution in [0.3, 0.4) is 0 Å². The molecule has 1 atom stereocenters. The van der Waals surface area contributed by atoms with E-state index in [4.69, 9.17) is 9.15 Å². The van der Waals surface area contributed by atoms with Crippen LogP contribution in [0.4, 0.5) is 0 Å². The second kappa shape index (κ2) is 9.17. The monoisotopic (exact) mass is 413 g/mol. The summed E-state index contributed by atoms with van der Waals surface area (Å²) >= 11 is 0. The highest BCUT2D eigenvalue weighted by atomic mass is 16.5. The summed E-state index contributed by atoms with van der Waals surface area (Å²) in [5.74, 6) is -0.421. The fourth-order valence-corrected chi connectivity index (χ4v) is 3.58. The van der Waals surface area contributed by atoms with Crippen LogP contribution in [0.2, 0.25) is 0 Å². The van der Waals surface area contributed by atoms with Crippen molar-refractivity contribution in [2.45, 2.75) is 32.4 Å². The van der Waals surface area contributed by atoms with E-state index < -0.39 is 17.7 Å². The fraction of sp³-hybridized carbons (Fsp3) is 0.391. The van der Waals surface area contributed by atoms with Crippen LogP contribution < -0.4 is 9.64 Å². The first-order valence-corrected chi connectivity index (χ1v) is 10.2. The zero-order valence-corrected chi connectivity index (χ0v) is 17.8. The maximum Gasteiger partial charge on any atom is 0.295 e. The molecule has 2 aromatic rings. The number of hydrogen-bond acceptors (Lipinski definition) is 5. The second-order valence-electron chi connectivity index (χ2n) is 8.01. The summed E-state index contributed by atoms with van der Waals surface area (Å²) in [5.41, 5.74) is 0.489. The van der Waals surface area contributed by atoms with Crippen molar-refractivity contribution < 1.29 is 28.7 Å². The Morgan fingerprint density at radius 2 is 1.90 bits per heavy atom. The van der Waals surface area contributed by atoms with Crippen molar-refractivity contribution in [1.29, 1.82) is 0 Å². The van der Waals surface area contributed by atoms with E-state index in [1.54, 1.807) is 36.4 Å². The number of Topliss-reactive ketones (excluding diaryl/α,β-unsaturated/α-hetero) is 1. The number of aliphatic hydroxyl groups is 1. The van der Waals surface area contributed by atoms with Crippen LogP contribution in [0, 0.1) is 0 Å². The molecule has 0 saturated carbocycles. The van der Waals surface area contributed by atoms with E-state index in [1.165, 1.54) is 16.1 Å². The molecule has 1 saturated heterocycles. The SMILES string of the molecule is CC(C)Oc1ccc(C(O)=C2C(=O)C(=O)N(CCC[NH+](C)C)[C@@H]2c2ccco2)cc1. The number of ether oxygens (including phenoxy) is 1. The van der Waals surface area contributed by atoms with Crippen LogP contribution in [-0.2, 0) is 9.59 Å². The van der Waals surface area contributed by atoms with E-state index in [9.17, 15) is 14.7 Å². The van der Waals surface area contributed by atoms with Crippen LogP contribution in [0.15, 0.2) is 52.7 Å². The number of ketones is 1. The van der Waals surface area contributed by atoms with Crippen molar-refractivity contribution in [3.8, 4) is 5.75 Å². The van der Waals surface area contributed by atoms with Gasteiger partial charge in [0.1, 0.15) is 23.3 Å². The number of carbonyl (C=O) groups is 2. The number of furan rings is 1. The van der Waals surface area contributed by atoms with Gasteiger partial charge in [0, 0.05) is 18.5 Å². The number of aliphatic hydroxyl groups excluding tert-OH is 1. The van der Waals surface area contributed by atoms with Gasteiger partial charge in [-0.3, -0.25) is 9.59 Å². The van der Waals surface area contributed by atoms with Gasteiger partial charge in [-0.2, -0.15) is 0 Å². The van der Waals surface area contributed by atoms with Gasteiger partial charge in [-0.05, 0) is 50.2 Å². The first-order chi connectivity index (χ1) is 14.3. The summed E-state index contributed by atoms with van der Waals surface area (Å²) in [6.07, 6.45) is 2.25. The van der Waals surface area contributed by atoms with E-state index >= 15 is 0 Å². The number of likely N-dealkylation sites (tertiary alicyclic amines) is 1. The number of amides is 1. The molecule has 0 unspecified atom stereocenters. The van der Waals surface area contributed by atoms with E-state index in [2.05, 4.69) is 0 Å². The molecule has 1 aliphatic heterocycles. The van der Waals surface area contributed by atoms with E-state index in [0.717, 1.165) is 13.0 Å². The molecule has 0 bridgehead atoms. The predicted molar refractivity (Wildman–Crippen MR) is 112 cm³/mol. The Morgan fingerprint density at radius 1 is 1.20 bits per heavy atom. The van der Waals surface area contributed by atoms with Gasteiger partial charge in [0.25, 0.3) is 11.7 Å². The number of quaternary nitrogens is 1. The third-order valence-corrected chi connectivity index (χ3v) is 4.93. The minimum atomic E-state index is -0.747. The molecular formula is C23H29N2O5+. The predicted octanol–water partition coefficient (Wildman–Crippen LogP) is 2.02. The van der Waals surface area contributed by atoms with Crippen molar-refractivity contribution in [3.63, 3.8) is 0 Å². The number of rotatable bonds is 8. The van der Waals surface area contributed by atoms with Crippen LogP contribution >= 0.6 is 0 Å². The maximum absolute atomic E-state index is 12.9. The lowest BCUT2D eigenvalue weighted by Crippen LogP contribution is -3.05. The van der Waals surface area contributed by atoms with Gasteiger partial charge >= 0.3 is 0 Å². The number of nitrogens with one attached hydrogen (secondary N) is 1. The molecule has 2 N–H and O–H groups in total. The molecule has 160 valence electrons. The van der Waals surface area contributed by atoms with Gasteiger partial charge in [-0.25, -0.2) is 0 Å². The molecular weight excluding hydrogens is 384 g/mol. The molecule has 0 radical (unpaired) electrons.